The molecular weight excluding hydrogens is 286 g/mol. The number of ether oxygens (including phenoxy) is 1. The molecule has 1 aromatic carbocycles. The topological polar surface area (TPSA) is 56.0 Å². The van der Waals surface area contributed by atoms with Crippen LogP contribution in [0.25, 0.3) is 0 Å². The molecule has 0 radical (unpaired) electrons. The first kappa shape index (κ1) is 13.6. The zero-order valence-electron chi connectivity index (χ0n) is 11.6. The fourth-order valence-corrected chi connectivity index (χ4v) is 2.18. The average molecular weight is 301 g/mol. The highest BCUT2D eigenvalue weighted by molar-refractivity contribution is 7.71. The molecule has 0 fully saturated rings. The van der Waals surface area contributed by atoms with Crippen molar-refractivity contribution in [3.8, 4) is 5.75 Å². The second kappa shape index (κ2) is 5.97. The van der Waals surface area contributed by atoms with E-state index in [1.165, 1.54) is 5.56 Å². The van der Waals surface area contributed by atoms with Gasteiger partial charge in [-0.1, -0.05) is 17.7 Å². The van der Waals surface area contributed by atoms with Crippen LogP contribution in [0, 0.1) is 11.7 Å². The minimum Gasteiger partial charge on any atom is -0.486 e. The van der Waals surface area contributed by atoms with Gasteiger partial charge in [-0.15, -0.1) is 0 Å². The molecule has 21 heavy (non-hydrogen) atoms. The molecule has 1 N–H and O–H groups in total. The molecule has 0 unspecified atom stereocenters. The van der Waals surface area contributed by atoms with Crippen molar-refractivity contribution in [3.05, 3.63) is 64.6 Å². The third-order valence-corrected chi connectivity index (χ3v) is 3.43. The average Bonchev–Trinajstić information content (AvgIpc) is 3.11. The molecule has 0 bridgehead atoms. The van der Waals surface area contributed by atoms with Crippen molar-refractivity contribution in [1.82, 2.24) is 14.8 Å². The van der Waals surface area contributed by atoms with Crippen LogP contribution in [-0.4, -0.2) is 14.8 Å². The standard InChI is InChI=1S/C15H15N3O2S/c1-11-4-6-12(7-5-11)20-10-14-16-17-15(21)18(14)9-13-3-2-8-19-13/h2-8H,9-10H2,1H3,(H,17,21). The molecule has 6 heteroatoms. The van der Waals surface area contributed by atoms with Gasteiger partial charge in [-0.25, -0.2) is 0 Å². The lowest BCUT2D eigenvalue weighted by atomic mass is 10.2. The first-order chi connectivity index (χ1) is 10.2. The lowest BCUT2D eigenvalue weighted by Gasteiger charge is -2.07. The number of hydrogen-bond donors (Lipinski definition) is 1. The smallest absolute Gasteiger partial charge is 0.195 e. The molecule has 0 amide bonds. The molecule has 0 spiro atoms. The Kier molecular flexibility index (Phi) is 3.87. The van der Waals surface area contributed by atoms with Gasteiger partial charge in [0.05, 0.1) is 12.8 Å². The predicted molar refractivity (Wildman–Crippen MR) is 80.7 cm³/mol. The lowest BCUT2D eigenvalue weighted by Crippen LogP contribution is -2.08. The monoisotopic (exact) mass is 301 g/mol. The fourth-order valence-electron chi connectivity index (χ4n) is 1.96. The second-order valence-corrected chi connectivity index (χ2v) is 5.10. The number of benzene rings is 1. The predicted octanol–water partition coefficient (Wildman–Crippen LogP) is 3.47. The van der Waals surface area contributed by atoms with Gasteiger partial charge in [0.15, 0.2) is 10.6 Å². The van der Waals surface area contributed by atoms with Crippen LogP contribution in [0.1, 0.15) is 17.1 Å². The van der Waals surface area contributed by atoms with Crippen molar-refractivity contribution in [2.24, 2.45) is 0 Å². The normalized spacial score (nSPS) is 10.7. The summed E-state index contributed by atoms with van der Waals surface area (Å²) in [5.41, 5.74) is 1.20. The number of rotatable bonds is 5. The maximum absolute atomic E-state index is 5.74. The number of aromatic amines is 1. The van der Waals surface area contributed by atoms with Gasteiger partial charge >= 0.3 is 0 Å². The van der Waals surface area contributed by atoms with E-state index in [0.717, 1.165) is 17.3 Å². The van der Waals surface area contributed by atoms with E-state index in [-0.39, 0.29) is 0 Å². The summed E-state index contributed by atoms with van der Waals surface area (Å²) in [6.07, 6.45) is 1.64. The zero-order valence-corrected chi connectivity index (χ0v) is 12.4. The van der Waals surface area contributed by atoms with Crippen molar-refractivity contribution in [2.75, 3.05) is 0 Å². The molecule has 0 aliphatic heterocycles. The number of aromatic nitrogens is 3. The minimum absolute atomic E-state index is 0.344. The first-order valence-corrected chi connectivity index (χ1v) is 6.99. The molecule has 0 saturated heterocycles. The number of hydrogen-bond acceptors (Lipinski definition) is 4. The van der Waals surface area contributed by atoms with Crippen molar-refractivity contribution in [2.45, 2.75) is 20.1 Å². The Hall–Kier alpha value is -2.34. The van der Waals surface area contributed by atoms with Crippen molar-refractivity contribution < 1.29 is 9.15 Å². The number of nitrogens with one attached hydrogen (secondary N) is 1. The highest BCUT2D eigenvalue weighted by Crippen LogP contribution is 2.14. The molecule has 5 nitrogen and oxygen atoms in total. The molecule has 0 aliphatic carbocycles. The minimum atomic E-state index is 0.344. The molecule has 2 aromatic heterocycles. The fraction of sp³-hybridized carbons (Fsp3) is 0.200. The van der Waals surface area contributed by atoms with Crippen LogP contribution in [0.4, 0.5) is 0 Å². The summed E-state index contributed by atoms with van der Waals surface area (Å²) in [6, 6.07) is 11.6. The maximum atomic E-state index is 5.74. The van der Waals surface area contributed by atoms with Crippen LogP contribution >= 0.6 is 12.2 Å². The number of H-pyrrole nitrogens is 1. The van der Waals surface area contributed by atoms with E-state index < -0.39 is 0 Å². The summed E-state index contributed by atoms with van der Waals surface area (Å²) in [7, 11) is 0. The number of aryl methyl sites for hydroxylation is 1. The molecule has 108 valence electrons. The molecule has 3 aromatic rings. The Bertz CT molecular complexity index is 757. The van der Waals surface area contributed by atoms with E-state index in [0.29, 0.717) is 17.9 Å². The zero-order chi connectivity index (χ0) is 14.7. The third-order valence-electron chi connectivity index (χ3n) is 3.12. The Balaban J connectivity index is 1.73. The van der Waals surface area contributed by atoms with E-state index in [1.807, 2.05) is 47.9 Å². The second-order valence-electron chi connectivity index (χ2n) is 4.71. The number of furan rings is 1. The van der Waals surface area contributed by atoms with Crippen LogP contribution in [-0.2, 0) is 13.2 Å². The summed E-state index contributed by atoms with van der Waals surface area (Å²) in [5, 5.41) is 7.00. The van der Waals surface area contributed by atoms with E-state index in [9.17, 15) is 0 Å². The van der Waals surface area contributed by atoms with Gasteiger partial charge in [-0.2, -0.15) is 5.10 Å². The van der Waals surface area contributed by atoms with E-state index in [4.69, 9.17) is 21.4 Å². The molecule has 2 heterocycles. The largest absolute Gasteiger partial charge is 0.486 e. The summed E-state index contributed by atoms with van der Waals surface area (Å²) in [5.74, 6) is 2.36. The molecule has 0 saturated carbocycles. The highest BCUT2D eigenvalue weighted by Gasteiger charge is 2.09. The third kappa shape index (κ3) is 3.22. The summed E-state index contributed by atoms with van der Waals surface area (Å²) < 4.78 is 13.5. The molecule has 0 aliphatic rings. The Labute approximate surface area is 127 Å². The van der Waals surface area contributed by atoms with Crippen LogP contribution in [0.15, 0.2) is 47.1 Å². The Morgan fingerprint density at radius 1 is 1.29 bits per heavy atom. The van der Waals surface area contributed by atoms with Gasteiger partial charge in [-0.05, 0) is 43.4 Å². The van der Waals surface area contributed by atoms with E-state index >= 15 is 0 Å². The molecule has 3 rings (SSSR count). The Morgan fingerprint density at radius 2 is 2.10 bits per heavy atom. The summed E-state index contributed by atoms with van der Waals surface area (Å²) in [4.78, 5) is 0. The quantitative estimate of drug-likeness (QED) is 0.733. The molecule has 0 atom stereocenters. The van der Waals surface area contributed by atoms with Gasteiger partial charge in [0.25, 0.3) is 0 Å². The van der Waals surface area contributed by atoms with Crippen molar-refractivity contribution in [1.29, 1.82) is 0 Å². The maximum Gasteiger partial charge on any atom is 0.195 e. The first-order valence-electron chi connectivity index (χ1n) is 6.58. The van der Waals surface area contributed by atoms with Crippen LogP contribution in [0.3, 0.4) is 0 Å². The van der Waals surface area contributed by atoms with Gasteiger partial charge in [0, 0.05) is 0 Å². The number of nitrogens with zero attached hydrogens (tertiary/aromatic N) is 2. The van der Waals surface area contributed by atoms with E-state index in [2.05, 4.69) is 10.2 Å². The van der Waals surface area contributed by atoms with Crippen molar-refractivity contribution >= 4 is 12.2 Å². The van der Waals surface area contributed by atoms with Crippen LogP contribution < -0.4 is 4.74 Å². The summed E-state index contributed by atoms with van der Waals surface area (Å²) in [6.45, 7) is 2.92. The Morgan fingerprint density at radius 3 is 2.81 bits per heavy atom. The lowest BCUT2D eigenvalue weighted by molar-refractivity contribution is 0.288. The van der Waals surface area contributed by atoms with Gasteiger partial charge in [-0.3, -0.25) is 9.67 Å². The van der Waals surface area contributed by atoms with Gasteiger partial charge < -0.3 is 9.15 Å². The van der Waals surface area contributed by atoms with Crippen LogP contribution in [0.5, 0.6) is 5.75 Å². The highest BCUT2D eigenvalue weighted by atomic mass is 32.1. The van der Waals surface area contributed by atoms with E-state index in [1.54, 1.807) is 6.26 Å². The van der Waals surface area contributed by atoms with Crippen LogP contribution in [0.2, 0.25) is 0 Å². The summed E-state index contributed by atoms with van der Waals surface area (Å²) >= 11 is 5.24. The van der Waals surface area contributed by atoms with Crippen molar-refractivity contribution in [3.63, 3.8) is 0 Å². The van der Waals surface area contributed by atoms with Gasteiger partial charge in [0.1, 0.15) is 18.1 Å². The SMILES string of the molecule is Cc1ccc(OCc2n[nH]c(=S)n2Cc2ccco2)cc1. The molecular formula is C15H15N3O2S. The van der Waals surface area contributed by atoms with Gasteiger partial charge in [0.2, 0.25) is 0 Å².